The summed E-state index contributed by atoms with van der Waals surface area (Å²) in [6.07, 6.45) is 0. The van der Waals surface area contributed by atoms with E-state index in [1.165, 1.54) is 5.38 Å². The van der Waals surface area contributed by atoms with Crippen molar-refractivity contribution in [2.45, 2.75) is 6.59 Å². The van der Waals surface area contributed by atoms with Crippen LogP contribution in [0, 0.1) is 23.3 Å². The maximum absolute atomic E-state index is 14.6. The first kappa shape index (κ1) is 20.7. The van der Waals surface area contributed by atoms with Gasteiger partial charge in [0.1, 0.15) is 16.3 Å². The number of rotatable bonds is 6. The summed E-state index contributed by atoms with van der Waals surface area (Å²) in [6, 6.07) is 4.52. The van der Waals surface area contributed by atoms with Crippen molar-refractivity contribution in [3.05, 3.63) is 69.4 Å². The third-order valence-corrected chi connectivity index (χ3v) is 4.83. The summed E-state index contributed by atoms with van der Waals surface area (Å²) in [5, 5.41) is 11.8. The number of thiophene rings is 1. The smallest absolute Gasteiger partial charge is 0.387 e. The third kappa shape index (κ3) is 4.33. The van der Waals surface area contributed by atoms with Gasteiger partial charge in [0, 0.05) is 0 Å². The Labute approximate surface area is 174 Å². The second-order valence-electron chi connectivity index (χ2n) is 5.78. The monoisotopic (exact) mass is 462 g/mol. The van der Waals surface area contributed by atoms with Gasteiger partial charge in [-0.15, -0.1) is 11.3 Å². The fourth-order valence-electron chi connectivity index (χ4n) is 2.63. The number of nitrogens with one attached hydrogen (secondary N) is 1. The van der Waals surface area contributed by atoms with Crippen LogP contribution in [0.4, 0.5) is 32.0 Å². The number of carboxylic acids is 1. The Kier molecular flexibility index (Phi) is 5.80. The Bertz CT molecular complexity index is 1200. The predicted octanol–water partition coefficient (Wildman–Crippen LogP) is 5.52. The molecule has 3 rings (SSSR count). The second-order valence-corrected chi connectivity index (χ2v) is 6.70. The minimum atomic E-state index is -4.38. The molecule has 1 amide bonds. The van der Waals surface area contributed by atoms with E-state index in [0.717, 1.165) is 24.3 Å². The summed E-state index contributed by atoms with van der Waals surface area (Å²) in [6.45, 7) is -4.38. The second kappa shape index (κ2) is 8.68. The van der Waals surface area contributed by atoms with E-state index < -0.39 is 74.7 Å². The highest BCUT2D eigenvalue weighted by atomic mass is 32.1. The van der Waals surface area contributed by atoms with Gasteiger partial charge in [0.2, 0.25) is 0 Å². The largest absolute Gasteiger partial charge is 0.477 e. The van der Waals surface area contributed by atoms with Crippen LogP contribution in [0.1, 0.15) is 21.4 Å². The number of amides is 1. The molecule has 1 aromatic heterocycles. The molecule has 0 aliphatic rings. The van der Waals surface area contributed by atoms with E-state index >= 15 is 0 Å². The first-order valence-corrected chi connectivity index (χ1v) is 8.94. The van der Waals surface area contributed by atoms with Gasteiger partial charge in [0.05, 0.1) is 11.1 Å². The summed E-state index contributed by atoms with van der Waals surface area (Å²) in [5.74, 6) is -11.5. The van der Waals surface area contributed by atoms with E-state index in [0.29, 0.717) is 17.4 Å². The number of carbonyl (C=O) groups is 2. The molecule has 2 aromatic carbocycles. The fraction of sp³-hybridized carbons (Fsp3) is 0.0526. The summed E-state index contributed by atoms with van der Waals surface area (Å²) in [7, 11) is 0. The summed E-state index contributed by atoms with van der Waals surface area (Å²) in [5.41, 5.74) is -3.88. The lowest BCUT2D eigenvalue weighted by molar-refractivity contribution is -0.0498. The molecule has 5 nitrogen and oxygen atoms in total. The molecular formula is C19H9F6NO4S. The number of halogens is 6. The van der Waals surface area contributed by atoms with Gasteiger partial charge >= 0.3 is 12.6 Å². The van der Waals surface area contributed by atoms with E-state index in [1.807, 2.05) is 0 Å². The van der Waals surface area contributed by atoms with Gasteiger partial charge in [0.25, 0.3) is 5.91 Å². The van der Waals surface area contributed by atoms with Crippen LogP contribution in [0.2, 0.25) is 0 Å². The van der Waals surface area contributed by atoms with Crippen molar-refractivity contribution >= 4 is 28.9 Å². The molecule has 12 heteroatoms. The number of aromatic carboxylic acids is 1. The van der Waals surface area contributed by atoms with E-state index in [2.05, 4.69) is 4.74 Å². The van der Waals surface area contributed by atoms with Crippen molar-refractivity contribution in [2.24, 2.45) is 0 Å². The van der Waals surface area contributed by atoms with Gasteiger partial charge in [-0.25, -0.2) is 22.4 Å². The van der Waals surface area contributed by atoms with Crippen LogP contribution in [-0.4, -0.2) is 23.6 Å². The van der Waals surface area contributed by atoms with E-state index in [9.17, 15) is 35.9 Å². The Morgan fingerprint density at radius 3 is 2.29 bits per heavy atom. The van der Waals surface area contributed by atoms with Crippen LogP contribution in [0.15, 0.2) is 35.7 Å². The average molecular weight is 462 g/mol. The molecule has 0 saturated carbocycles. The number of anilines is 1. The molecule has 0 unspecified atom stereocenters. The highest BCUT2D eigenvalue weighted by Crippen LogP contribution is 2.36. The molecule has 0 fully saturated rings. The fourth-order valence-corrected chi connectivity index (χ4v) is 3.36. The number of benzene rings is 2. The Morgan fingerprint density at radius 2 is 1.71 bits per heavy atom. The molecule has 0 aliphatic heterocycles. The number of alkyl halides is 2. The van der Waals surface area contributed by atoms with Crippen LogP contribution in [0.25, 0.3) is 11.1 Å². The molecule has 0 saturated heterocycles. The van der Waals surface area contributed by atoms with Gasteiger partial charge in [-0.05, 0) is 29.1 Å². The highest BCUT2D eigenvalue weighted by Gasteiger charge is 2.29. The lowest BCUT2D eigenvalue weighted by atomic mass is 10.0. The zero-order valence-electron chi connectivity index (χ0n) is 15.8. The highest BCUT2D eigenvalue weighted by molar-refractivity contribution is 7.12. The third-order valence-electron chi connectivity index (χ3n) is 3.92. The molecular weight excluding hydrogens is 452 g/mol. The van der Waals surface area contributed by atoms with Crippen molar-refractivity contribution in [3.63, 3.8) is 0 Å². The maximum atomic E-state index is 14.6. The van der Waals surface area contributed by atoms with Crippen molar-refractivity contribution < 1.29 is 47.1 Å². The first-order chi connectivity index (χ1) is 14.9. The van der Waals surface area contributed by atoms with Crippen molar-refractivity contribution in [2.75, 3.05) is 5.32 Å². The molecule has 1 heterocycles. The summed E-state index contributed by atoms with van der Waals surface area (Å²) in [4.78, 5) is 22.8. The van der Waals surface area contributed by atoms with Gasteiger partial charge < -0.3 is 15.2 Å². The lowest BCUT2D eigenvalue weighted by Gasteiger charge is -2.14. The van der Waals surface area contributed by atoms with E-state index in [1.54, 1.807) is 5.32 Å². The zero-order chi connectivity index (χ0) is 23.8. The molecule has 162 valence electrons. The quantitative estimate of drug-likeness (QED) is 0.374. The molecule has 0 radical (unpaired) electrons. The van der Waals surface area contributed by atoms with Crippen LogP contribution < -0.4 is 10.1 Å². The van der Waals surface area contributed by atoms with Gasteiger partial charge in [-0.2, -0.15) is 8.78 Å². The van der Waals surface area contributed by atoms with E-state index in [-0.39, 0.29) is 0 Å². The summed E-state index contributed by atoms with van der Waals surface area (Å²) < 4.78 is 94.0. The van der Waals surface area contributed by atoms with Gasteiger partial charge in [-0.3, -0.25) is 4.79 Å². The number of carboxylic acid groups (broad SMARTS) is 1. The standard InChI is InChI=1S/C19H9F6NO4S/c20-11-10(7-2-1-3-8(6-7)30-19(24)25)12(21)14(23)15(13(11)22)26-17(27)9-4-5-31-16(9)18(28)29/h1-6,19H,(H,26,27)(H,28,29)/i19D. The van der Waals surface area contributed by atoms with Gasteiger partial charge in [0.15, 0.2) is 24.6 Å². The Balaban J connectivity index is 2.04. The topological polar surface area (TPSA) is 75.6 Å². The maximum Gasteiger partial charge on any atom is 0.387 e. The predicted molar refractivity (Wildman–Crippen MR) is 97.6 cm³/mol. The first-order valence-electron chi connectivity index (χ1n) is 8.56. The number of ether oxygens (including phenoxy) is 1. The summed E-state index contributed by atoms with van der Waals surface area (Å²) >= 11 is 0.641. The SMILES string of the molecule is [2H]C(F)(F)Oc1cccc(-c2c(F)c(F)c(NC(=O)c3ccsc3C(=O)O)c(F)c2F)c1. The van der Waals surface area contributed by atoms with Crippen LogP contribution in [0.5, 0.6) is 5.75 Å². The number of carbonyl (C=O) groups excluding carboxylic acids is 1. The Hall–Kier alpha value is -3.54. The van der Waals surface area contributed by atoms with Crippen molar-refractivity contribution in [3.8, 4) is 16.9 Å². The minimum Gasteiger partial charge on any atom is -0.477 e. The molecule has 2 N–H and O–H groups in total. The molecule has 0 bridgehead atoms. The molecule has 3 aromatic rings. The van der Waals surface area contributed by atoms with Crippen molar-refractivity contribution in [1.82, 2.24) is 0 Å². The molecule has 0 aliphatic carbocycles. The molecule has 0 spiro atoms. The van der Waals surface area contributed by atoms with Crippen LogP contribution >= 0.6 is 11.3 Å². The van der Waals surface area contributed by atoms with Gasteiger partial charge in [-0.1, -0.05) is 12.1 Å². The van der Waals surface area contributed by atoms with Crippen LogP contribution in [-0.2, 0) is 0 Å². The zero-order valence-corrected chi connectivity index (χ0v) is 15.6. The lowest BCUT2D eigenvalue weighted by Crippen LogP contribution is -2.18. The average Bonchev–Trinajstić information content (AvgIpc) is 3.19. The Morgan fingerprint density at radius 1 is 1.06 bits per heavy atom. The van der Waals surface area contributed by atoms with Crippen LogP contribution in [0.3, 0.4) is 0 Å². The minimum absolute atomic E-state index is 0.469. The molecule has 0 atom stereocenters. The van der Waals surface area contributed by atoms with E-state index in [4.69, 9.17) is 6.48 Å². The molecule has 31 heavy (non-hydrogen) atoms. The normalized spacial score (nSPS) is 11.7. The number of hydrogen-bond donors (Lipinski definition) is 2. The number of hydrogen-bond acceptors (Lipinski definition) is 4. The van der Waals surface area contributed by atoms with Crippen molar-refractivity contribution in [1.29, 1.82) is 0 Å².